The van der Waals surface area contributed by atoms with E-state index in [1.165, 1.54) is 0 Å². The predicted octanol–water partition coefficient (Wildman–Crippen LogP) is 2.49. The lowest BCUT2D eigenvalue weighted by Gasteiger charge is -2.11. The Morgan fingerprint density at radius 1 is 1.26 bits per heavy atom. The average molecular weight is 258 g/mol. The molecule has 0 aliphatic heterocycles. The van der Waals surface area contributed by atoms with Crippen LogP contribution in [0.4, 0.5) is 0 Å². The average Bonchev–Trinajstić information content (AvgIpc) is 2.98. The van der Waals surface area contributed by atoms with Gasteiger partial charge in [-0.2, -0.15) is 0 Å². The van der Waals surface area contributed by atoms with Gasteiger partial charge in [0.05, 0.1) is 12.3 Å². The maximum absolute atomic E-state index is 11.4. The van der Waals surface area contributed by atoms with Gasteiger partial charge < -0.3 is 15.1 Å². The summed E-state index contributed by atoms with van der Waals surface area (Å²) in [5.74, 6) is 0.852. The Hall–Kier alpha value is -2.07. The van der Waals surface area contributed by atoms with Gasteiger partial charge in [-0.3, -0.25) is 4.79 Å². The van der Waals surface area contributed by atoms with Gasteiger partial charge in [0.15, 0.2) is 0 Å². The molecule has 1 heterocycles. The Balaban J connectivity index is 1.91. The molecule has 0 unspecified atom stereocenters. The first-order chi connectivity index (χ1) is 9.20. The van der Waals surface area contributed by atoms with E-state index in [9.17, 15) is 4.79 Å². The highest BCUT2D eigenvalue weighted by atomic mass is 16.3. The minimum atomic E-state index is -0.0662. The van der Waals surface area contributed by atoms with Crippen molar-refractivity contribution >= 4 is 5.91 Å². The third-order valence-electron chi connectivity index (χ3n) is 3.03. The Bertz CT molecular complexity index is 518. The maximum atomic E-state index is 11.4. The molecule has 19 heavy (non-hydrogen) atoms. The highest BCUT2D eigenvalue weighted by Gasteiger charge is 2.07. The van der Waals surface area contributed by atoms with Gasteiger partial charge >= 0.3 is 0 Å². The quantitative estimate of drug-likeness (QED) is 0.866. The van der Waals surface area contributed by atoms with Crippen LogP contribution in [-0.2, 0) is 6.54 Å². The van der Waals surface area contributed by atoms with Crippen molar-refractivity contribution in [2.24, 2.45) is 0 Å². The van der Waals surface area contributed by atoms with Crippen molar-refractivity contribution in [2.45, 2.75) is 19.5 Å². The molecule has 0 aliphatic rings. The van der Waals surface area contributed by atoms with Crippen LogP contribution in [0, 0.1) is 0 Å². The van der Waals surface area contributed by atoms with E-state index >= 15 is 0 Å². The van der Waals surface area contributed by atoms with Crippen LogP contribution in [0.15, 0.2) is 47.1 Å². The van der Waals surface area contributed by atoms with E-state index < -0.39 is 0 Å². The van der Waals surface area contributed by atoms with Crippen molar-refractivity contribution in [1.82, 2.24) is 10.6 Å². The van der Waals surface area contributed by atoms with Gasteiger partial charge in [-0.15, -0.1) is 0 Å². The molecule has 0 radical (unpaired) electrons. The number of nitrogens with one attached hydrogen (secondary N) is 2. The molecular weight excluding hydrogens is 240 g/mol. The van der Waals surface area contributed by atoms with E-state index in [2.05, 4.69) is 17.6 Å². The number of carbonyl (C=O) groups excluding carboxylic acids is 1. The van der Waals surface area contributed by atoms with Crippen LogP contribution >= 0.6 is 0 Å². The lowest BCUT2D eigenvalue weighted by atomic mass is 10.1. The number of amides is 1. The smallest absolute Gasteiger partial charge is 0.251 e. The first-order valence-electron chi connectivity index (χ1n) is 6.28. The molecule has 100 valence electrons. The molecule has 2 N–H and O–H groups in total. The lowest BCUT2D eigenvalue weighted by Crippen LogP contribution is -2.19. The second-order valence-electron chi connectivity index (χ2n) is 4.39. The minimum Gasteiger partial charge on any atom is -0.468 e. The van der Waals surface area contributed by atoms with Crippen molar-refractivity contribution < 1.29 is 9.21 Å². The molecular formula is C15H18N2O2. The zero-order valence-corrected chi connectivity index (χ0v) is 11.1. The minimum absolute atomic E-state index is 0.0662. The van der Waals surface area contributed by atoms with E-state index in [0.29, 0.717) is 5.56 Å². The molecule has 0 saturated carbocycles. The molecule has 0 saturated heterocycles. The standard InChI is InChI=1S/C15H18N2O2/c1-11(14-4-3-9-19-14)17-10-12-5-7-13(8-6-12)15(18)16-2/h3-9,11,17H,10H2,1-2H3,(H,16,18)/t11-/m1/s1. The summed E-state index contributed by atoms with van der Waals surface area (Å²) in [6.45, 7) is 2.79. The summed E-state index contributed by atoms with van der Waals surface area (Å²) in [6, 6.07) is 11.5. The lowest BCUT2D eigenvalue weighted by molar-refractivity contribution is 0.0963. The molecule has 0 fully saturated rings. The van der Waals surface area contributed by atoms with Gasteiger partial charge in [-0.05, 0) is 36.8 Å². The maximum Gasteiger partial charge on any atom is 0.251 e. The number of benzene rings is 1. The second kappa shape index (κ2) is 6.20. The van der Waals surface area contributed by atoms with Crippen LogP contribution in [0.5, 0.6) is 0 Å². The van der Waals surface area contributed by atoms with Gasteiger partial charge in [-0.1, -0.05) is 12.1 Å². The van der Waals surface area contributed by atoms with E-state index in [1.807, 2.05) is 36.4 Å². The molecule has 4 nitrogen and oxygen atoms in total. The predicted molar refractivity (Wildman–Crippen MR) is 73.8 cm³/mol. The van der Waals surface area contributed by atoms with Crippen LogP contribution in [0.1, 0.15) is 34.6 Å². The molecule has 1 aromatic carbocycles. The zero-order valence-electron chi connectivity index (χ0n) is 11.1. The topological polar surface area (TPSA) is 54.3 Å². The molecule has 0 bridgehead atoms. The summed E-state index contributed by atoms with van der Waals surface area (Å²) in [6.07, 6.45) is 1.67. The van der Waals surface area contributed by atoms with Crippen molar-refractivity contribution in [1.29, 1.82) is 0 Å². The SMILES string of the molecule is CNC(=O)c1ccc(CN[C@H](C)c2ccco2)cc1. The number of hydrogen-bond donors (Lipinski definition) is 2. The Labute approximate surface area is 112 Å². The van der Waals surface area contributed by atoms with Gasteiger partial charge in [0, 0.05) is 19.2 Å². The Morgan fingerprint density at radius 3 is 2.58 bits per heavy atom. The number of furan rings is 1. The van der Waals surface area contributed by atoms with E-state index in [0.717, 1.165) is 17.9 Å². The second-order valence-corrected chi connectivity index (χ2v) is 4.39. The summed E-state index contributed by atoms with van der Waals surface area (Å²) >= 11 is 0. The summed E-state index contributed by atoms with van der Waals surface area (Å²) in [5, 5.41) is 5.97. The molecule has 1 aromatic heterocycles. The van der Waals surface area contributed by atoms with Crippen LogP contribution in [0.25, 0.3) is 0 Å². The third-order valence-corrected chi connectivity index (χ3v) is 3.03. The summed E-state index contributed by atoms with van der Waals surface area (Å²) in [4.78, 5) is 11.4. The fourth-order valence-electron chi connectivity index (χ4n) is 1.83. The fourth-order valence-corrected chi connectivity index (χ4v) is 1.83. The molecule has 4 heteroatoms. The largest absolute Gasteiger partial charge is 0.468 e. The molecule has 2 aromatic rings. The molecule has 0 aliphatic carbocycles. The van der Waals surface area contributed by atoms with Crippen LogP contribution in [0.3, 0.4) is 0 Å². The van der Waals surface area contributed by atoms with Gasteiger partial charge in [0.25, 0.3) is 5.91 Å². The first kappa shape index (κ1) is 13.4. The van der Waals surface area contributed by atoms with E-state index in [4.69, 9.17) is 4.42 Å². The molecule has 1 atom stereocenters. The van der Waals surface area contributed by atoms with E-state index in [-0.39, 0.29) is 11.9 Å². The van der Waals surface area contributed by atoms with Crippen LogP contribution in [0.2, 0.25) is 0 Å². The van der Waals surface area contributed by atoms with Gasteiger partial charge in [0.1, 0.15) is 5.76 Å². The normalized spacial score (nSPS) is 12.1. The van der Waals surface area contributed by atoms with Crippen LogP contribution < -0.4 is 10.6 Å². The first-order valence-corrected chi connectivity index (χ1v) is 6.28. The Morgan fingerprint density at radius 2 is 2.00 bits per heavy atom. The fraction of sp³-hybridized carbons (Fsp3) is 0.267. The van der Waals surface area contributed by atoms with Crippen molar-refractivity contribution in [2.75, 3.05) is 7.05 Å². The zero-order chi connectivity index (χ0) is 13.7. The monoisotopic (exact) mass is 258 g/mol. The molecule has 0 spiro atoms. The van der Waals surface area contributed by atoms with E-state index in [1.54, 1.807) is 13.3 Å². The van der Waals surface area contributed by atoms with Gasteiger partial charge in [-0.25, -0.2) is 0 Å². The van der Waals surface area contributed by atoms with Gasteiger partial charge in [0.2, 0.25) is 0 Å². The Kier molecular flexibility index (Phi) is 4.36. The molecule has 1 amide bonds. The summed E-state index contributed by atoms with van der Waals surface area (Å²) in [7, 11) is 1.63. The van der Waals surface area contributed by atoms with Crippen molar-refractivity contribution in [3.05, 3.63) is 59.5 Å². The highest BCUT2D eigenvalue weighted by Crippen LogP contribution is 2.13. The third kappa shape index (κ3) is 3.45. The summed E-state index contributed by atoms with van der Waals surface area (Å²) in [5.41, 5.74) is 1.80. The van der Waals surface area contributed by atoms with Crippen molar-refractivity contribution in [3.63, 3.8) is 0 Å². The summed E-state index contributed by atoms with van der Waals surface area (Å²) < 4.78 is 5.33. The highest BCUT2D eigenvalue weighted by molar-refractivity contribution is 5.93. The van der Waals surface area contributed by atoms with Crippen molar-refractivity contribution in [3.8, 4) is 0 Å². The van der Waals surface area contributed by atoms with Crippen LogP contribution in [-0.4, -0.2) is 13.0 Å². The number of carbonyl (C=O) groups is 1. The number of rotatable bonds is 5. The molecule has 2 rings (SSSR count). The number of hydrogen-bond acceptors (Lipinski definition) is 3.